The molecule has 4 nitrogen and oxygen atoms in total. The van der Waals surface area contributed by atoms with Crippen molar-refractivity contribution in [1.29, 1.82) is 0 Å². The van der Waals surface area contributed by atoms with Gasteiger partial charge in [-0.2, -0.15) is 0 Å². The molecule has 1 saturated heterocycles. The predicted octanol–water partition coefficient (Wildman–Crippen LogP) is 3.57. The molecule has 0 aliphatic carbocycles. The van der Waals surface area contributed by atoms with Crippen molar-refractivity contribution in [3.05, 3.63) is 60.7 Å². The van der Waals surface area contributed by atoms with Crippen molar-refractivity contribution in [1.82, 2.24) is 4.98 Å². The zero-order valence-corrected chi connectivity index (χ0v) is 13.9. The van der Waals surface area contributed by atoms with Crippen molar-refractivity contribution in [2.75, 3.05) is 43.1 Å². The number of anilines is 2. The summed E-state index contributed by atoms with van der Waals surface area (Å²) in [6.07, 6.45) is 0. The normalized spacial score (nSPS) is 14.9. The number of piperazine rings is 1. The molecule has 0 atom stereocenters. The lowest BCUT2D eigenvalue weighted by Crippen LogP contribution is -2.46. The van der Waals surface area contributed by atoms with Crippen LogP contribution in [0.3, 0.4) is 0 Å². The van der Waals surface area contributed by atoms with Crippen LogP contribution >= 0.6 is 0 Å². The van der Waals surface area contributed by atoms with Crippen LogP contribution in [0.5, 0.6) is 5.75 Å². The van der Waals surface area contributed by atoms with E-state index in [4.69, 9.17) is 9.72 Å². The summed E-state index contributed by atoms with van der Waals surface area (Å²) in [5, 5.41) is 1.19. The number of hydrogen-bond acceptors (Lipinski definition) is 4. The van der Waals surface area contributed by atoms with Crippen LogP contribution in [-0.4, -0.2) is 38.3 Å². The Morgan fingerprint density at radius 1 is 0.833 bits per heavy atom. The van der Waals surface area contributed by atoms with Gasteiger partial charge in [-0.05, 0) is 30.3 Å². The van der Waals surface area contributed by atoms with Crippen molar-refractivity contribution in [2.24, 2.45) is 0 Å². The molecule has 4 rings (SSSR count). The van der Waals surface area contributed by atoms with E-state index in [-0.39, 0.29) is 0 Å². The molecule has 1 aliphatic rings. The lowest BCUT2D eigenvalue weighted by Gasteiger charge is -2.36. The van der Waals surface area contributed by atoms with E-state index in [1.54, 1.807) is 7.11 Å². The second kappa shape index (κ2) is 6.40. The largest absolute Gasteiger partial charge is 0.497 e. The summed E-state index contributed by atoms with van der Waals surface area (Å²) in [5.74, 6) is 1.98. The van der Waals surface area contributed by atoms with Gasteiger partial charge in [0.2, 0.25) is 0 Å². The molecule has 0 spiro atoms. The Labute approximate surface area is 142 Å². The van der Waals surface area contributed by atoms with Crippen molar-refractivity contribution in [2.45, 2.75) is 0 Å². The van der Waals surface area contributed by atoms with E-state index in [1.807, 2.05) is 18.2 Å². The number of aromatic nitrogens is 1. The number of hydrogen-bond donors (Lipinski definition) is 0. The highest BCUT2D eigenvalue weighted by Gasteiger charge is 2.18. The minimum Gasteiger partial charge on any atom is -0.497 e. The zero-order chi connectivity index (χ0) is 16.4. The molecule has 0 N–H and O–H groups in total. The minimum atomic E-state index is 0.908. The van der Waals surface area contributed by atoms with E-state index in [0.717, 1.165) is 43.3 Å². The first-order valence-electron chi connectivity index (χ1n) is 8.33. The Bertz CT molecular complexity index is 841. The van der Waals surface area contributed by atoms with Gasteiger partial charge in [-0.15, -0.1) is 0 Å². The highest BCUT2D eigenvalue weighted by molar-refractivity contribution is 5.80. The molecule has 1 aliphatic heterocycles. The predicted molar refractivity (Wildman–Crippen MR) is 99.2 cm³/mol. The summed E-state index contributed by atoms with van der Waals surface area (Å²) in [6, 6.07) is 20.8. The Morgan fingerprint density at radius 3 is 2.46 bits per heavy atom. The monoisotopic (exact) mass is 319 g/mol. The first-order chi connectivity index (χ1) is 11.8. The SMILES string of the molecule is COc1cccc(N2CCN(c3ccc4ccccc4n3)CC2)c1. The standard InChI is InChI=1S/C20H21N3O/c1-24-18-7-4-6-17(15-18)22-11-13-23(14-12-22)20-10-9-16-5-2-3-8-19(16)21-20/h2-10,15H,11-14H2,1H3. The van der Waals surface area contributed by atoms with Gasteiger partial charge >= 0.3 is 0 Å². The fourth-order valence-electron chi connectivity index (χ4n) is 3.23. The average Bonchev–Trinajstić information content (AvgIpc) is 2.68. The van der Waals surface area contributed by atoms with Crippen LogP contribution in [0.4, 0.5) is 11.5 Å². The van der Waals surface area contributed by atoms with Gasteiger partial charge in [0.05, 0.1) is 12.6 Å². The van der Waals surface area contributed by atoms with Gasteiger partial charge in [0, 0.05) is 43.3 Å². The summed E-state index contributed by atoms with van der Waals surface area (Å²) in [4.78, 5) is 9.58. The Balaban J connectivity index is 1.48. The van der Waals surface area contributed by atoms with Crippen molar-refractivity contribution in [3.8, 4) is 5.75 Å². The molecule has 2 heterocycles. The van der Waals surface area contributed by atoms with E-state index in [9.17, 15) is 0 Å². The van der Waals surface area contributed by atoms with Crippen LogP contribution in [0.15, 0.2) is 60.7 Å². The Kier molecular flexibility index (Phi) is 3.95. The van der Waals surface area contributed by atoms with Gasteiger partial charge in [-0.3, -0.25) is 0 Å². The van der Waals surface area contributed by atoms with Crippen molar-refractivity contribution in [3.63, 3.8) is 0 Å². The van der Waals surface area contributed by atoms with Crippen LogP contribution in [0, 0.1) is 0 Å². The number of fused-ring (bicyclic) bond motifs is 1. The van der Waals surface area contributed by atoms with Crippen molar-refractivity contribution >= 4 is 22.4 Å². The molecule has 4 heteroatoms. The molecule has 122 valence electrons. The maximum absolute atomic E-state index is 5.33. The lowest BCUT2D eigenvalue weighted by atomic mass is 10.2. The molecule has 0 radical (unpaired) electrons. The third-order valence-corrected chi connectivity index (χ3v) is 4.61. The first-order valence-corrected chi connectivity index (χ1v) is 8.33. The van der Waals surface area contributed by atoms with Gasteiger partial charge in [-0.1, -0.05) is 24.3 Å². The van der Waals surface area contributed by atoms with Gasteiger partial charge in [-0.25, -0.2) is 4.98 Å². The fourth-order valence-corrected chi connectivity index (χ4v) is 3.23. The third-order valence-electron chi connectivity index (χ3n) is 4.61. The smallest absolute Gasteiger partial charge is 0.129 e. The second-order valence-corrected chi connectivity index (χ2v) is 6.04. The number of para-hydroxylation sites is 1. The van der Waals surface area contributed by atoms with Crippen LogP contribution in [0.1, 0.15) is 0 Å². The molecule has 0 saturated carbocycles. The maximum Gasteiger partial charge on any atom is 0.129 e. The molecular weight excluding hydrogens is 298 g/mol. The molecule has 2 aromatic carbocycles. The van der Waals surface area contributed by atoms with Gasteiger partial charge in [0.15, 0.2) is 0 Å². The topological polar surface area (TPSA) is 28.6 Å². The van der Waals surface area contributed by atoms with Gasteiger partial charge in [0.25, 0.3) is 0 Å². The highest BCUT2D eigenvalue weighted by atomic mass is 16.5. The number of nitrogens with zero attached hydrogens (tertiary/aromatic N) is 3. The summed E-state index contributed by atoms with van der Waals surface area (Å²) in [6.45, 7) is 3.93. The van der Waals surface area contributed by atoms with Crippen LogP contribution in [0.25, 0.3) is 10.9 Å². The van der Waals surface area contributed by atoms with Gasteiger partial charge < -0.3 is 14.5 Å². The second-order valence-electron chi connectivity index (χ2n) is 6.04. The first kappa shape index (κ1) is 14.8. The van der Waals surface area contributed by atoms with E-state index < -0.39 is 0 Å². The molecule has 0 amide bonds. The third kappa shape index (κ3) is 2.87. The maximum atomic E-state index is 5.33. The lowest BCUT2D eigenvalue weighted by molar-refractivity contribution is 0.414. The molecular formula is C20H21N3O. The van der Waals surface area contributed by atoms with E-state index >= 15 is 0 Å². The number of ether oxygens (including phenoxy) is 1. The van der Waals surface area contributed by atoms with Crippen LogP contribution in [0.2, 0.25) is 0 Å². The summed E-state index contributed by atoms with van der Waals surface area (Å²) in [7, 11) is 1.71. The van der Waals surface area contributed by atoms with E-state index in [0.29, 0.717) is 0 Å². The Morgan fingerprint density at radius 2 is 1.62 bits per heavy atom. The van der Waals surface area contributed by atoms with Crippen molar-refractivity contribution < 1.29 is 4.74 Å². The molecule has 0 bridgehead atoms. The quantitative estimate of drug-likeness (QED) is 0.738. The summed E-state index contributed by atoms with van der Waals surface area (Å²) >= 11 is 0. The van der Waals surface area contributed by atoms with Gasteiger partial charge in [0.1, 0.15) is 11.6 Å². The minimum absolute atomic E-state index is 0.908. The molecule has 24 heavy (non-hydrogen) atoms. The molecule has 1 fully saturated rings. The van der Waals surface area contributed by atoms with Crippen LogP contribution < -0.4 is 14.5 Å². The van der Waals surface area contributed by atoms with E-state index in [2.05, 4.69) is 52.3 Å². The molecule has 1 aromatic heterocycles. The number of methoxy groups -OCH3 is 1. The highest BCUT2D eigenvalue weighted by Crippen LogP contribution is 2.24. The van der Waals surface area contributed by atoms with Crippen LogP contribution in [-0.2, 0) is 0 Å². The number of benzene rings is 2. The van der Waals surface area contributed by atoms with E-state index in [1.165, 1.54) is 11.1 Å². The molecule has 0 unspecified atom stereocenters. The zero-order valence-electron chi connectivity index (χ0n) is 13.9. The summed E-state index contributed by atoms with van der Waals surface area (Å²) in [5.41, 5.74) is 2.28. The number of rotatable bonds is 3. The molecule has 3 aromatic rings. The number of pyridine rings is 1. The Hall–Kier alpha value is -2.75. The average molecular weight is 319 g/mol. The summed E-state index contributed by atoms with van der Waals surface area (Å²) < 4.78 is 5.33. The fraction of sp³-hybridized carbons (Fsp3) is 0.250.